The van der Waals surface area contributed by atoms with Crippen molar-refractivity contribution in [3.8, 4) is 22.8 Å². The minimum atomic E-state index is 0.382. The van der Waals surface area contributed by atoms with Crippen LogP contribution in [0.4, 0.5) is 0 Å². The molecule has 0 amide bonds. The molecule has 0 N–H and O–H groups in total. The second-order valence-electron chi connectivity index (χ2n) is 9.37. The molecule has 0 aliphatic carbocycles. The molecule has 2 aromatic heterocycles. The number of aryl methyl sites for hydroxylation is 4. The van der Waals surface area contributed by atoms with Crippen LogP contribution in [-0.2, 0) is 7.05 Å². The van der Waals surface area contributed by atoms with Crippen LogP contribution in [0.3, 0.4) is 0 Å². The number of imidazole rings is 1. The highest BCUT2D eigenvalue weighted by Crippen LogP contribution is 2.34. The largest absolute Gasteiger partial charge is 0.319 e. The van der Waals surface area contributed by atoms with Gasteiger partial charge in [0.2, 0.25) is 0 Å². The number of aromatic nitrogens is 3. The van der Waals surface area contributed by atoms with Gasteiger partial charge in [0, 0.05) is 22.6 Å². The summed E-state index contributed by atoms with van der Waals surface area (Å²) >= 11 is 0. The lowest BCUT2D eigenvalue weighted by molar-refractivity contribution is -0.633. The van der Waals surface area contributed by atoms with E-state index in [1.54, 1.807) is 0 Å². The van der Waals surface area contributed by atoms with E-state index in [4.69, 9.17) is 0 Å². The Bertz CT molecular complexity index is 1460. The third kappa shape index (κ3) is 3.39. The molecule has 0 fully saturated rings. The quantitative estimate of drug-likeness (QED) is 0.271. The first-order valence-electron chi connectivity index (χ1n) is 11.7. The highest BCUT2D eigenvalue weighted by molar-refractivity contribution is 5.80. The van der Waals surface area contributed by atoms with Crippen LogP contribution in [-0.4, -0.2) is 9.13 Å². The maximum atomic E-state index is 2.45. The summed E-state index contributed by atoms with van der Waals surface area (Å²) in [5.41, 5.74) is 11.3. The molecule has 0 unspecified atom stereocenters. The Morgan fingerprint density at radius 2 is 1.39 bits per heavy atom. The molecule has 3 nitrogen and oxygen atoms in total. The van der Waals surface area contributed by atoms with Crippen molar-refractivity contribution in [1.82, 2.24) is 9.13 Å². The Labute approximate surface area is 196 Å². The van der Waals surface area contributed by atoms with E-state index in [-0.39, 0.29) is 0 Å². The van der Waals surface area contributed by atoms with E-state index >= 15 is 0 Å². The summed E-state index contributed by atoms with van der Waals surface area (Å²) in [6.07, 6.45) is 0. The number of nitrogens with zero attached hydrogens (tertiary/aromatic N) is 3. The maximum absolute atomic E-state index is 2.45. The molecule has 0 radical (unpaired) electrons. The average Bonchev–Trinajstić information content (AvgIpc) is 3.30. The van der Waals surface area contributed by atoms with Gasteiger partial charge in [0.05, 0.1) is 12.6 Å². The third-order valence-corrected chi connectivity index (χ3v) is 6.80. The van der Waals surface area contributed by atoms with Gasteiger partial charge in [-0.25, -0.2) is 4.57 Å². The van der Waals surface area contributed by atoms with E-state index in [9.17, 15) is 0 Å². The topological polar surface area (TPSA) is 13.7 Å². The summed E-state index contributed by atoms with van der Waals surface area (Å²) in [6, 6.07) is 28.7. The van der Waals surface area contributed by atoms with Gasteiger partial charge in [0.25, 0.3) is 5.82 Å². The van der Waals surface area contributed by atoms with Crippen LogP contribution in [0, 0.1) is 20.8 Å². The predicted octanol–water partition coefficient (Wildman–Crippen LogP) is 6.96. The van der Waals surface area contributed by atoms with Crippen molar-refractivity contribution in [2.24, 2.45) is 7.05 Å². The molecule has 5 aromatic rings. The Kier molecular flexibility index (Phi) is 5.20. The van der Waals surface area contributed by atoms with E-state index in [1.165, 1.54) is 56.3 Å². The molecule has 5 rings (SSSR count). The van der Waals surface area contributed by atoms with Crippen molar-refractivity contribution in [2.75, 3.05) is 0 Å². The van der Waals surface area contributed by atoms with Crippen LogP contribution in [0.5, 0.6) is 0 Å². The van der Waals surface area contributed by atoms with Crippen LogP contribution in [0.1, 0.15) is 42.3 Å². The summed E-state index contributed by atoms with van der Waals surface area (Å²) in [5.74, 6) is 1.59. The van der Waals surface area contributed by atoms with Crippen molar-refractivity contribution >= 4 is 11.0 Å². The molecule has 0 atom stereocenters. The van der Waals surface area contributed by atoms with Crippen LogP contribution in [0.2, 0.25) is 0 Å². The Morgan fingerprint density at radius 3 is 2.09 bits per heavy atom. The maximum Gasteiger partial charge on any atom is 0.295 e. The molecule has 0 aliphatic rings. The zero-order valence-corrected chi connectivity index (χ0v) is 20.4. The second kappa shape index (κ2) is 8.08. The van der Waals surface area contributed by atoms with Crippen LogP contribution < -0.4 is 4.57 Å². The molecule has 2 heterocycles. The highest BCUT2D eigenvalue weighted by Gasteiger charge is 2.28. The number of hydrogen-bond acceptors (Lipinski definition) is 0. The number of benzene rings is 3. The summed E-state index contributed by atoms with van der Waals surface area (Å²) in [7, 11) is 2.18. The molecule has 3 heteroatoms. The fraction of sp³-hybridized carbons (Fsp3) is 0.233. The minimum absolute atomic E-state index is 0.382. The third-order valence-electron chi connectivity index (χ3n) is 6.80. The van der Waals surface area contributed by atoms with Gasteiger partial charge in [-0.05, 0) is 80.8 Å². The van der Waals surface area contributed by atoms with Crippen molar-refractivity contribution in [3.63, 3.8) is 0 Å². The molecular weight excluding hydrogens is 402 g/mol. The van der Waals surface area contributed by atoms with Crippen molar-refractivity contribution < 1.29 is 4.57 Å². The molecule has 0 spiro atoms. The molecule has 3 aromatic carbocycles. The summed E-state index contributed by atoms with van der Waals surface area (Å²) in [6.45, 7) is 11.1. The smallest absolute Gasteiger partial charge is 0.295 e. The normalized spacial score (nSPS) is 11.6. The minimum Gasteiger partial charge on any atom is -0.319 e. The van der Waals surface area contributed by atoms with E-state index in [2.05, 4.69) is 134 Å². The van der Waals surface area contributed by atoms with Gasteiger partial charge in [-0.15, -0.1) is 0 Å². The number of rotatable bonds is 4. The van der Waals surface area contributed by atoms with E-state index in [0.29, 0.717) is 5.92 Å². The van der Waals surface area contributed by atoms with Crippen LogP contribution >= 0.6 is 0 Å². The highest BCUT2D eigenvalue weighted by atomic mass is 15.2. The van der Waals surface area contributed by atoms with Crippen molar-refractivity contribution in [1.29, 1.82) is 0 Å². The fourth-order valence-corrected chi connectivity index (χ4v) is 5.11. The first-order chi connectivity index (χ1) is 15.9. The van der Waals surface area contributed by atoms with Crippen LogP contribution in [0.25, 0.3) is 33.8 Å². The Hall–Kier alpha value is -3.59. The van der Waals surface area contributed by atoms with Gasteiger partial charge in [0.1, 0.15) is 5.69 Å². The van der Waals surface area contributed by atoms with Gasteiger partial charge in [-0.3, -0.25) is 0 Å². The lowest BCUT2D eigenvalue weighted by Gasteiger charge is -2.17. The van der Waals surface area contributed by atoms with E-state index in [0.717, 1.165) is 0 Å². The van der Waals surface area contributed by atoms with Crippen molar-refractivity contribution in [3.05, 3.63) is 101 Å². The monoisotopic (exact) mass is 434 g/mol. The molecule has 166 valence electrons. The molecule has 0 saturated heterocycles. The summed E-state index contributed by atoms with van der Waals surface area (Å²) in [4.78, 5) is 0. The predicted molar refractivity (Wildman–Crippen MR) is 138 cm³/mol. The SMILES string of the molecule is Cc1ccccc1-c1n(-c2ccc(-n3c(C)ccc3C)cc2C(C)C)c2ccccc2[n+]1C. The van der Waals surface area contributed by atoms with Gasteiger partial charge >= 0.3 is 0 Å². The lowest BCUT2D eigenvalue weighted by atomic mass is 9.99. The van der Waals surface area contributed by atoms with E-state index in [1.807, 2.05) is 0 Å². The van der Waals surface area contributed by atoms with Crippen molar-refractivity contribution in [2.45, 2.75) is 40.5 Å². The first-order valence-corrected chi connectivity index (χ1v) is 11.7. The average molecular weight is 435 g/mol. The first kappa shape index (κ1) is 21.3. The zero-order valence-electron chi connectivity index (χ0n) is 20.4. The zero-order chi connectivity index (χ0) is 23.3. The van der Waals surface area contributed by atoms with Gasteiger partial charge in [-0.2, -0.15) is 4.57 Å². The van der Waals surface area contributed by atoms with Crippen LogP contribution in [0.15, 0.2) is 78.9 Å². The number of hydrogen-bond donors (Lipinski definition) is 0. The molecule has 33 heavy (non-hydrogen) atoms. The molecule has 0 saturated carbocycles. The number of fused-ring (bicyclic) bond motifs is 1. The molecular formula is C30H32N3+. The second-order valence-corrected chi connectivity index (χ2v) is 9.37. The summed E-state index contributed by atoms with van der Waals surface area (Å²) in [5, 5.41) is 0. The van der Waals surface area contributed by atoms with E-state index < -0.39 is 0 Å². The Morgan fingerprint density at radius 1 is 0.727 bits per heavy atom. The van der Waals surface area contributed by atoms with Gasteiger partial charge in [-0.1, -0.05) is 44.2 Å². The molecule has 0 bridgehead atoms. The fourth-order valence-electron chi connectivity index (χ4n) is 5.11. The van der Waals surface area contributed by atoms with Gasteiger partial charge < -0.3 is 4.57 Å². The standard InChI is InChI=1S/C30H32N3/c1-20(2)26-19-24(32-22(4)15-16-23(32)5)17-18-27(26)33-29-14-10-9-13-28(29)31(6)30(33)25-12-8-7-11-21(25)3/h7-20H,1-6H3/q+1. The summed E-state index contributed by atoms with van der Waals surface area (Å²) < 4.78 is 7.12. The number of para-hydroxylation sites is 2. The Balaban J connectivity index is 1.85. The molecule has 0 aliphatic heterocycles. The van der Waals surface area contributed by atoms with Gasteiger partial charge in [0.15, 0.2) is 11.0 Å². The lowest BCUT2D eigenvalue weighted by Crippen LogP contribution is -2.30.